The lowest BCUT2D eigenvalue weighted by Crippen LogP contribution is -2.65. The van der Waals surface area contributed by atoms with Gasteiger partial charge in [0.05, 0.1) is 13.0 Å². The molecule has 6 unspecified atom stereocenters. The Morgan fingerprint density at radius 3 is 2.25 bits per heavy atom. The molecule has 0 aromatic carbocycles. The molecule has 0 aromatic heterocycles. The Morgan fingerprint density at radius 2 is 1.75 bits per heavy atom. The highest BCUT2D eigenvalue weighted by Gasteiger charge is 2.54. The van der Waals surface area contributed by atoms with Crippen molar-refractivity contribution in [2.24, 2.45) is 0 Å². The van der Waals surface area contributed by atoms with E-state index >= 15 is 0 Å². The van der Waals surface area contributed by atoms with Gasteiger partial charge in [-0.3, -0.25) is 4.79 Å². The fourth-order valence-electron chi connectivity index (χ4n) is 1.86. The second kappa shape index (κ2) is 7.94. The number of aliphatic hydroxyl groups is 6. The maximum Gasteiger partial charge on any atom is 0.421 e. The van der Waals surface area contributed by atoms with Crippen LogP contribution in [0, 0.1) is 0 Å². The zero-order valence-electron chi connectivity index (χ0n) is 12.4. The van der Waals surface area contributed by atoms with E-state index < -0.39 is 67.1 Å². The summed E-state index contributed by atoms with van der Waals surface area (Å²) in [5.41, 5.74) is 0. The van der Waals surface area contributed by atoms with Gasteiger partial charge in [-0.25, -0.2) is 19.4 Å². The summed E-state index contributed by atoms with van der Waals surface area (Å²) in [6.45, 7) is 0.145. The number of Topliss-reactive ketones (excluding diaryl/α,β-unsaturated/α-hetero) is 1. The molecule has 12 heteroatoms. The van der Waals surface area contributed by atoms with Gasteiger partial charge in [0.15, 0.2) is 6.10 Å². The number of hydrogen-bond donors (Lipinski definition) is 6. The third kappa shape index (κ3) is 4.45. The molecule has 1 rings (SSSR count). The third-order valence-electron chi connectivity index (χ3n) is 3.23. The third-order valence-corrected chi connectivity index (χ3v) is 3.23. The van der Waals surface area contributed by atoms with E-state index in [2.05, 4.69) is 9.78 Å². The predicted octanol–water partition coefficient (Wildman–Crippen LogP) is -4.51. The van der Waals surface area contributed by atoms with Crippen molar-refractivity contribution >= 4 is 17.7 Å². The van der Waals surface area contributed by atoms with Crippen LogP contribution in [0.1, 0.15) is 13.3 Å². The number of ether oxygens (including phenoxy) is 1. The average molecular weight is 354 g/mol. The van der Waals surface area contributed by atoms with E-state index in [0.29, 0.717) is 0 Å². The fraction of sp³-hybridized carbons (Fsp3) is 0.750. The van der Waals surface area contributed by atoms with Crippen LogP contribution in [0.4, 0.5) is 0 Å². The van der Waals surface area contributed by atoms with Crippen LogP contribution in [-0.2, 0) is 28.9 Å². The first-order valence-electron chi connectivity index (χ1n) is 6.72. The zero-order valence-corrected chi connectivity index (χ0v) is 12.4. The summed E-state index contributed by atoms with van der Waals surface area (Å²) in [6.07, 6.45) is -10.3. The highest BCUT2D eigenvalue weighted by molar-refractivity contribution is 6.33. The zero-order chi connectivity index (χ0) is 18.7. The molecule has 0 bridgehead atoms. The molecule has 0 aromatic rings. The summed E-state index contributed by atoms with van der Waals surface area (Å²) in [7, 11) is 0. The first kappa shape index (κ1) is 20.4. The topological polar surface area (TPSA) is 200 Å². The Morgan fingerprint density at radius 1 is 1.17 bits per heavy atom. The van der Waals surface area contributed by atoms with Crippen molar-refractivity contribution in [2.75, 3.05) is 6.61 Å². The van der Waals surface area contributed by atoms with Crippen molar-refractivity contribution in [3.63, 3.8) is 0 Å². The second-order valence-electron chi connectivity index (χ2n) is 5.16. The number of aliphatic hydroxyl groups excluding tert-OH is 5. The molecule has 1 aliphatic rings. The van der Waals surface area contributed by atoms with E-state index in [4.69, 9.17) is 14.9 Å². The molecule has 1 aliphatic heterocycles. The molecular weight excluding hydrogens is 336 g/mol. The van der Waals surface area contributed by atoms with Crippen molar-refractivity contribution in [1.82, 2.24) is 0 Å². The molecule has 0 saturated carbocycles. The normalized spacial score (nSPS) is 34.3. The van der Waals surface area contributed by atoms with E-state index in [-0.39, 0.29) is 0 Å². The lowest BCUT2D eigenvalue weighted by atomic mass is 9.89. The standard InChI is InChI=1S/C12H18O12/c1-4(14)10(19)23-24-11(20)5(15)2-12(21)9(18)8(17)7(16)6(3-13)22-12/h4,6-9,13-14,16-18,21H,2-3H2,1H3. The van der Waals surface area contributed by atoms with Crippen molar-refractivity contribution in [3.05, 3.63) is 0 Å². The van der Waals surface area contributed by atoms with Crippen LogP contribution in [0.5, 0.6) is 0 Å². The SMILES string of the molecule is CC(O)C(=O)OOC(=O)C(=O)CC1(O)OC(CO)C(O)C(O)C1O. The first-order valence-corrected chi connectivity index (χ1v) is 6.72. The highest BCUT2D eigenvalue weighted by atomic mass is 17.2. The van der Waals surface area contributed by atoms with Crippen molar-refractivity contribution in [2.45, 2.75) is 49.7 Å². The lowest BCUT2D eigenvalue weighted by Gasteiger charge is -2.44. The van der Waals surface area contributed by atoms with Gasteiger partial charge < -0.3 is 35.4 Å². The summed E-state index contributed by atoms with van der Waals surface area (Å²) in [6, 6.07) is 0. The Kier molecular flexibility index (Phi) is 6.74. The number of rotatable bonds is 5. The highest BCUT2D eigenvalue weighted by Crippen LogP contribution is 2.31. The number of ketones is 1. The van der Waals surface area contributed by atoms with Crippen molar-refractivity contribution in [3.8, 4) is 0 Å². The van der Waals surface area contributed by atoms with Gasteiger partial charge in [0, 0.05) is 0 Å². The van der Waals surface area contributed by atoms with Crippen LogP contribution < -0.4 is 0 Å². The van der Waals surface area contributed by atoms with E-state index in [0.717, 1.165) is 6.92 Å². The molecule has 24 heavy (non-hydrogen) atoms. The first-order chi connectivity index (χ1) is 11.0. The molecule has 0 spiro atoms. The van der Waals surface area contributed by atoms with Crippen molar-refractivity contribution < 1.29 is 59.5 Å². The van der Waals surface area contributed by atoms with Gasteiger partial charge in [-0.2, -0.15) is 0 Å². The summed E-state index contributed by atoms with van der Waals surface area (Å²) < 4.78 is 4.77. The largest absolute Gasteiger partial charge is 0.421 e. The quantitative estimate of drug-likeness (QED) is 0.157. The average Bonchev–Trinajstić information content (AvgIpc) is 2.53. The molecule has 1 saturated heterocycles. The molecule has 12 nitrogen and oxygen atoms in total. The second-order valence-corrected chi connectivity index (χ2v) is 5.16. The van der Waals surface area contributed by atoms with Gasteiger partial charge >= 0.3 is 11.9 Å². The molecule has 0 aliphatic carbocycles. The molecule has 1 fully saturated rings. The lowest BCUT2D eigenvalue weighted by molar-refractivity contribution is -0.348. The van der Waals surface area contributed by atoms with Crippen LogP contribution in [0.25, 0.3) is 0 Å². The Bertz CT molecular complexity index is 488. The molecule has 138 valence electrons. The van der Waals surface area contributed by atoms with Gasteiger partial charge in [0.25, 0.3) is 0 Å². The Labute approximate surface area is 134 Å². The Hall–Kier alpha value is -1.67. The molecule has 6 atom stereocenters. The molecule has 0 amide bonds. The number of hydrogen-bond acceptors (Lipinski definition) is 12. The maximum atomic E-state index is 11.6. The molecule has 0 radical (unpaired) electrons. The molecule has 1 heterocycles. The van der Waals surface area contributed by atoms with Crippen LogP contribution in [0.2, 0.25) is 0 Å². The van der Waals surface area contributed by atoms with Crippen LogP contribution >= 0.6 is 0 Å². The van der Waals surface area contributed by atoms with Crippen molar-refractivity contribution in [1.29, 1.82) is 0 Å². The van der Waals surface area contributed by atoms with Gasteiger partial charge in [0.2, 0.25) is 11.6 Å². The maximum absolute atomic E-state index is 11.6. The minimum atomic E-state index is -2.81. The number of carbonyl (C=O) groups is 3. The van der Waals surface area contributed by atoms with Gasteiger partial charge in [-0.05, 0) is 6.92 Å². The number of carbonyl (C=O) groups excluding carboxylic acids is 3. The van der Waals surface area contributed by atoms with Gasteiger partial charge in [0.1, 0.15) is 24.4 Å². The van der Waals surface area contributed by atoms with Crippen LogP contribution in [-0.4, -0.2) is 91.3 Å². The minimum absolute atomic E-state index is 0.863. The monoisotopic (exact) mass is 354 g/mol. The van der Waals surface area contributed by atoms with Crippen LogP contribution in [0.3, 0.4) is 0 Å². The summed E-state index contributed by atoms with van der Waals surface area (Å²) in [5, 5.41) is 56.7. The minimum Gasteiger partial charge on any atom is -0.394 e. The summed E-state index contributed by atoms with van der Waals surface area (Å²) in [4.78, 5) is 41.5. The van der Waals surface area contributed by atoms with Gasteiger partial charge in [-0.15, -0.1) is 0 Å². The smallest absolute Gasteiger partial charge is 0.394 e. The van der Waals surface area contributed by atoms with E-state index in [1.54, 1.807) is 0 Å². The van der Waals surface area contributed by atoms with Crippen LogP contribution in [0.15, 0.2) is 0 Å². The summed E-state index contributed by atoms with van der Waals surface area (Å²) >= 11 is 0. The predicted molar refractivity (Wildman–Crippen MR) is 68.4 cm³/mol. The summed E-state index contributed by atoms with van der Waals surface area (Å²) in [5.74, 6) is -7.44. The van der Waals surface area contributed by atoms with Gasteiger partial charge in [-0.1, -0.05) is 0 Å². The molecular formula is C12H18O12. The molecule has 6 N–H and O–H groups in total. The van der Waals surface area contributed by atoms with E-state index in [9.17, 15) is 34.8 Å². The Balaban J connectivity index is 2.73. The fourth-order valence-corrected chi connectivity index (χ4v) is 1.86. The van der Waals surface area contributed by atoms with E-state index in [1.165, 1.54) is 0 Å². The van der Waals surface area contributed by atoms with E-state index in [1.807, 2.05) is 0 Å².